The van der Waals surface area contributed by atoms with Crippen molar-refractivity contribution in [3.63, 3.8) is 0 Å². The highest BCUT2D eigenvalue weighted by atomic mass is 79.9. The lowest BCUT2D eigenvalue weighted by atomic mass is 10.2. The highest BCUT2D eigenvalue weighted by Crippen LogP contribution is 2.30. The topological polar surface area (TPSA) is 20.2 Å². The summed E-state index contributed by atoms with van der Waals surface area (Å²) in [6.45, 7) is 0. The summed E-state index contributed by atoms with van der Waals surface area (Å²) in [5.41, 5.74) is 0. The maximum absolute atomic E-state index is 10.1. The van der Waals surface area contributed by atoms with Crippen LogP contribution in [0.25, 0.3) is 0 Å². The lowest BCUT2D eigenvalue weighted by Crippen LogP contribution is -2.30. The zero-order valence-electron chi connectivity index (χ0n) is 8.19. The lowest BCUT2D eigenvalue weighted by Gasteiger charge is -2.25. The van der Waals surface area contributed by atoms with Gasteiger partial charge in [0, 0.05) is 38.3 Å². The van der Waals surface area contributed by atoms with Crippen LogP contribution in [0.4, 0.5) is 0 Å². The van der Waals surface area contributed by atoms with Crippen molar-refractivity contribution in [3.05, 3.63) is 20.8 Å². The van der Waals surface area contributed by atoms with E-state index in [1.165, 1.54) is 16.4 Å². The number of hydrogen-bond acceptors (Lipinski definition) is 4. The van der Waals surface area contributed by atoms with Crippen LogP contribution in [-0.4, -0.2) is 33.7 Å². The number of halogens is 1. The minimum Gasteiger partial charge on any atom is -0.392 e. The fourth-order valence-electron chi connectivity index (χ4n) is 1.52. The molecule has 1 aromatic heterocycles. The van der Waals surface area contributed by atoms with Gasteiger partial charge in [0.2, 0.25) is 0 Å². The minimum absolute atomic E-state index is 0.197. The van der Waals surface area contributed by atoms with Gasteiger partial charge in [-0.3, -0.25) is 0 Å². The zero-order chi connectivity index (χ0) is 10.7. The molecule has 1 aromatic rings. The predicted octanol–water partition coefficient (Wildman–Crippen LogP) is 3.26. The van der Waals surface area contributed by atoms with Crippen molar-refractivity contribution >= 4 is 50.8 Å². The molecular formula is C10H13BrOS3. The summed E-state index contributed by atoms with van der Waals surface area (Å²) in [6, 6.07) is 2.05. The third kappa shape index (κ3) is 3.40. The monoisotopic (exact) mass is 324 g/mol. The predicted molar refractivity (Wildman–Crippen MR) is 75.3 cm³/mol. The zero-order valence-corrected chi connectivity index (χ0v) is 12.2. The van der Waals surface area contributed by atoms with Crippen LogP contribution in [0, 0.1) is 0 Å². The smallest absolute Gasteiger partial charge is 0.0715 e. The molecule has 0 bridgehead atoms. The van der Waals surface area contributed by atoms with Gasteiger partial charge in [-0.05, 0) is 27.4 Å². The molecule has 1 aliphatic rings. The van der Waals surface area contributed by atoms with Crippen molar-refractivity contribution in [1.82, 2.24) is 0 Å². The average Bonchev–Trinajstić information content (AvgIpc) is 2.66. The Kier molecular flexibility index (Phi) is 4.89. The van der Waals surface area contributed by atoms with Gasteiger partial charge in [0.15, 0.2) is 0 Å². The van der Waals surface area contributed by atoms with Crippen molar-refractivity contribution in [1.29, 1.82) is 0 Å². The molecule has 5 heteroatoms. The summed E-state index contributed by atoms with van der Waals surface area (Å²) in [7, 11) is 0. The van der Waals surface area contributed by atoms with Crippen LogP contribution < -0.4 is 0 Å². The normalized spacial score (nSPS) is 24.0. The Bertz CT molecular complexity index is 309. The van der Waals surface area contributed by atoms with Crippen LogP contribution in [0.5, 0.6) is 0 Å². The van der Waals surface area contributed by atoms with E-state index in [1.54, 1.807) is 11.3 Å². The van der Waals surface area contributed by atoms with Gasteiger partial charge in [-0.2, -0.15) is 23.5 Å². The first-order chi connectivity index (χ1) is 7.27. The first-order valence-corrected chi connectivity index (χ1v) is 8.74. The molecule has 0 aliphatic carbocycles. The van der Waals surface area contributed by atoms with Crippen LogP contribution >= 0.6 is 50.8 Å². The van der Waals surface area contributed by atoms with Gasteiger partial charge in [-0.15, -0.1) is 11.3 Å². The van der Waals surface area contributed by atoms with Crippen molar-refractivity contribution in [3.8, 4) is 0 Å². The molecule has 2 heterocycles. The highest BCUT2D eigenvalue weighted by molar-refractivity contribution is 9.10. The third-order valence-corrected chi connectivity index (χ3v) is 7.21. The fraction of sp³-hybridized carbons (Fsp3) is 0.600. The molecule has 1 nitrogen and oxygen atoms in total. The standard InChI is InChI=1S/C10H13BrOS3/c11-7-1-2-14-9(7)5-8(12)10-6-13-3-4-15-10/h1-2,8,10,12H,3-6H2. The molecule has 1 N–H and O–H groups in total. The largest absolute Gasteiger partial charge is 0.392 e. The molecular weight excluding hydrogens is 312 g/mol. The number of aliphatic hydroxyl groups is 1. The van der Waals surface area contributed by atoms with Crippen LogP contribution in [0.1, 0.15) is 4.88 Å². The third-order valence-electron chi connectivity index (χ3n) is 2.36. The Hall–Kier alpha value is 0.840. The molecule has 15 heavy (non-hydrogen) atoms. The van der Waals surface area contributed by atoms with E-state index in [0.29, 0.717) is 5.25 Å². The van der Waals surface area contributed by atoms with Crippen molar-refractivity contribution in [2.24, 2.45) is 0 Å². The van der Waals surface area contributed by atoms with E-state index in [0.717, 1.165) is 16.6 Å². The average molecular weight is 325 g/mol. The maximum atomic E-state index is 10.1. The Labute approximate surface area is 111 Å². The molecule has 1 fully saturated rings. The van der Waals surface area contributed by atoms with Gasteiger partial charge in [-0.1, -0.05) is 0 Å². The lowest BCUT2D eigenvalue weighted by molar-refractivity contribution is 0.178. The quantitative estimate of drug-likeness (QED) is 0.921. The maximum Gasteiger partial charge on any atom is 0.0715 e. The van der Waals surface area contributed by atoms with Crippen LogP contribution in [0.15, 0.2) is 15.9 Å². The second kappa shape index (κ2) is 5.96. The van der Waals surface area contributed by atoms with E-state index >= 15 is 0 Å². The van der Waals surface area contributed by atoms with Gasteiger partial charge in [0.25, 0.3) is 0 Å². The highest BCUT2D eigenvalue weighted by Gasteiger charge is 2.23. The summed E-state index contributed by atoms with van der Waals surface area (Å²) in [5.74, 6) is 3.50. The Morgan fingerprint density at radius 3 is 3.00 bits per heavy atom. The molecule has 2 atom stereocenters. The number of aliphatic hydroxyl groups excluding tert-OH is 1. The van der Waals surface area contributed by atoms with E-state index in [9.17, 15) is 5.11 Å². The summed E-state index contributed by atoms with van der Waals surface area (Å²) in [4.78, 5) is 1.26. The first-order valence-electron chi connectivity index (χ1n) is 4.86. The second-order valence-corrected chi connectivity index (χ2v) is 7.80. The van der Waals surface area contributed by atoms with Gasteiger partial charge < -0.3 is 5.11 Å². The Morgan fingerprint density at radius 1 is 1.53 bits per heavy atom. The second-order valence-electron chi connectivity index (χ2n) is 3.45. The number of thioether (sulfide) groups is 2. The van der Waals surface area contributed by atoms with Gasteiger partial charge in [0.05, 0.1) is 6.10 Å². The van der Waals surface area contributed by atoms with Crippen molar-refractivity contribution < 1.29 is 5.11 Å². The fourth-order valence-corrected chi connectivity index (χ4v) is 5.86. The molecule has 0 aromatic carbocycles. The number of hydrogen-bond donors (Lipinski definition) is 1. The molecule has 1 saturated heterocycles. The van der Waals surface area contributed by atoms with Crippen LogP contribution in [-0.2, 0) is 6.42 Å². The summed E-state index contributed by atoms with van der Waals surface area (Å²) < 4.78 is 1.14. The Balaban J connectivity index is 1.91. The molecule has 2 unspecified atom stereocenters. The molecule has 0 radical (unpaired) electrons. The van der Waals surface area contributed by atoms with E-state index < -0.39 is 0 Å². The van der Waals surface area contributed by atoms with E-state index in [-0.39, 0.29) is 6.10 Å². The van der Waals surface area contributed by atoms with E-state index in [4.69, 9.17) is 0 Å². The molecule has 0 spiro atoms. The van der Waals surface area contributed by atoms with Crippen LogP contribution in [0.3, 0.4) is 0 Å². The summed E-state index contributed by atoms with van der Waals surface area (Å²) >= 11 is 9.10. The number of rotatable bonds is 3. The van der Waals surface area contributed by atoms with Crippen molar-refractivity contribution in [2.45, 2.75) is 17.8 Å². The van der Waals surface area contributed by atoms with E-state index in [2.05, 4.69) is 27.4 Å². The van der Waals surface area contributed by atoms with Gasteiger partial charge in [-0.25, -0.2) is 0 Å². The molecule has 2 rings (SSSR count). The Morgan fingerprint density at radius 2 is 2.40 bits per heavy atom. The SMILES string of the molecule is OC(Cc1sccc1Br)C1CSCCS1. The van der Waals surface area contributed by atoms with E-state index in [1.807, 2.05) is 23.5 Å². The minimum atomic E-state index is -0.197. The molecule has 0 amide bonds. The van der Waals surface area contributed by atoms with Gasteiger partial charge >= 0.3 is 0 Å². The molecule has 84 valence electrons. The molecule has 1 aliphatic heterocycles. The van der Waals surface area contributed by atoms with Crippen LogP contribution in [0.2, 0.25) is 0 Å². The van der Waals surface area contributed by atoms with Gasteiger partial charge in [0.1, 0.15) is 0 Å². The van der Waals surface area contributed by atoms with Crippen molar-refractivity contribution in [2.75, 3.05) is 17.3 Å². The summed E-state index contributed by atoms with van der Waals surface area (Å²) in [6.07, 6.45) is 0.592. The number of thiophene rings is 1. The molecule has 0 saturated carbocycles. The summed E-state index contributed by atoms with van der Waals surface area (Å²) in [5, 5.41) is 12.6. The first kappa shape index (κ1) is 12.3.